The van der Waals surface area contributed by atoms with Gasteiger partial charge in [-0.3, -0.25) is 4.90 Å². The molecule has 0 radical (unpaired) electrons. The molecular formula is C28H35N3O5S. The summed E-state index contributed by atoms with van der Waals surface area (Å²) in [6.45, 7) is 3.73. The predicted octanol–water partition coefficient (Wildman–Crippen LogP) is 4.07. The molecule has 8 nitrogen and oxygen atoms in total. The van der Waals surface area contributed by atoms with Gasteiger partial charge in [-0.1, -0.05) is 74.5 Å². The van der Waals surface area contributed by atoms with Crippen LogP contribution in [0.25, 0.3) is 0 Å². The molecule has 1 amide bonds. The smallest absolute Gasteiger partial charge is 0.407 e. The van der Waals surface area contributed by atoms with Crippen LogP contribution < -0.4 is 5.73 Å². The standard InChI is InChI=1S/C28H35N3O5S/c1-21(2)18-30(37(35,36)25-15-13-24(29)14-16-25)20-27(32)26(17-22-9-5-3-6-10-22)31(28(33)34)19-23-11-7-4-8-12-23/h3-16,21,26-27,32H,17-20,29H2,1-2H3,(H,33,34)/t26-,27+/m0/s1. The lowest BCUT2D eigenvalue weighted by Crippen LogP contribution is -2.52. The Morgan fingerprint density at radius 3 is 1.92 bits per heavy atom. The van der Waals surface area contributed by atoms with Crippen LogP contribution in [0.3, 0.4) is 0 Å². The van der Waals surface area contributed by atoms with E-state index in [1.54, 1.807) is 0 Å². The Labute approximate surface area is 219 Å². The van der Waals surface area contributed by atoms with Crippen LogP contribution >= 0.6 is 0 Å². The predicted molar refractivity (Wildman–Crippen MR) is 144 cm³/mol. The van der Waals surface area contributed by atoms with Crippen LogP contribution in [0, 0.1) is 5.92 Å². The van der Waals surface area contributed by atoms with Crippen LogP contribution in [0.1, 0.15) is 25.0 Å². The number of carboxylic acid groups (broad SMARTS) is 1. The highest BCUT2D eigenvalue weighted by molar-refractivity contribution is 7.89. The van der Waals surface area contributed by atoms with E-state index in [9.17, 15) is 23.4 Å². The second kappa shape index (κ2) is 12.7. The van der Waals surface area contributed by atoms with Crippen molar-refractivity contribution < 1.29 is 23.4 Å². The number of hydrogen-bond donors (Lipinski definition) is 3. The van der Waals surface area contributed by atoms with Crippen molar-refractivity contribution in [1.29, 1.82) is 0 Å². The van der Waals surface area contributed by atoms with E-state index in [0.717, 1.165) is 11.1 Å². The number of nitrogens with two attached hydrogens (primary N) is 1. The third kappa shape index (κ3) is 7.79. The van der Waals surface area contributed by atoms with Crippen molar-refractivity contribution >= 4 is 21.8 Å². The molecule has 0 aliphatic rings. The zero-order valence-corrected chi connectivity index (χ0v) is 22.0. The molecule has 4 N–H and O–H groups in total. The normalized spacial score (nSPS) is 13.4. The number of aliphatic hydroxyl groups is 1. The topological polar surface area (TPSA) is 124 Å². The van der Waals surface area contributed by atoms with Gasteiger partial charge in [0.05, 0.1) is 17.0 Å². The van der Waals surface area contributed by atoms with Gasteiger partial charge in [0.25, 0.3) is 0 Å². The minimum atomic E-state index is -3.97. The van der Waals surface area contributed by atoms with Gasteiger partial charge in [0.15, 0.2) is 0 Å². The van der Waals surface area contributed by atoms with Gasteiger partial charge < -0.3 is 15.9 Å². The van der Waals surface area contributed by atoms with Crippen LogP contribution in [0.15, 0.2) is 89.8 Å². The number of nitrogen functional groups attached to an aromatic ring is 1. The first kappa shape index (κ1) is 28.2. The van der Waals surface area contributed by atoms with Crippen LogP contribution in [0.5, 0.6) is 0 Å². The van der Waals surface area contributed by atoms with Crippen molar-refractivity contribution in [3.05, 3.63) is 96.1 Å². The molecular weight excluding hydrogens is 490 g/mol. The highest BCUT2D eigenvalue weighted by Gasteiger charge is 2.35. The van der Waals surface area contributed by atoms with Gasteiger partial charge >= 0.3 is 6.09 Å². The maximum Gasteiger partial charge on any atom is 0.407 e. The highest BCUT2D eigenvalue weighted by atomic mass is 32.2. The number of sulfonamides is 1. The van der Waals surface area contributed by atoms with Crippen molar-refractivity contribution in [3.8, 4) is 0 Å². The van der Waals surface area contributed by atoms with Gasteiger partial charge in [-0.2, -0.15) is 4.31 Å². The summed E-state index contributed by atoms with van der Waals surface area (Å²) in [5, 5.41) is 21.6. The molecule has 0 saturated heterocycles. The Morgan fingerprint density at radius 1 is 0.865 bits per heavy atom. The number of benzene rings is 3. The molecule has 0 unspecified atom stereocenters. The average molecular weight is 526 g/mol. The van der Waals surface area contributed by atoms with E-state index in [4.69, 9.17) is 5.73 Å². The first-order valence-electron chi connectivity index (χ1n) is 12.2. The zero-order chi connectivity index (χ0) is 27.0. The minimum absolute atomic E-state index is 0.0248. The number of anilines is 1. The second-order valence-electron chi connectivity index (χ2n) is 9.51. The zero-order valence-electron chi connectivity index (χ0n) is 21.1. The fourth-order valence-corrected chi connectivity index (χ4v) is 5.84. The van der Waals surface area contributed by atoms with Gasteiger partial charge in [0.2, 0.25) is 10.0 Å². The number of amides is 1. The summed E-state index contributed by atoms with van der Waals surface area (Å²) in [5.41, 5.74) is 7.78. The molecule has 0 bridgehead atoms. The first-order chi connectivity index (χ1) is 17.6. The van der Waals surface area contributed by atoms with Gasteiger partial charge in [0, 0.05) is 25.3 Å². The van der Waals surface area contributed by atoms with E-state index in [-0.39, 0.29) is 36.9 Å². The molecule has 37 heavy (non-hydrogen) atoms. The lowest BCUT2D eigenvalue weighted by Gasteiger charge is -2.36. The lowest BCUT2D eigenvalue weighted by atomic mass is 9.98. The maximum atomic E-state index is 13.5. The monoisotopic (exact) mass is 525 g/mol. The molecule has 3 aromatic rings. The summed E-state index contributed by atoms with van der Waals surface area (Å²) in [4.78, 5) is 13.7. The van der Waals surface area contributed by atoms with Gasteiger partial charge in [-0.05, 0) is 47.7 Å². The summed E-state index contributed by atoms with van der Waals surface area (Å²) < 4.78 is 28.3. The van der Waals surface area contributed by atoms with E-state index in [1.165, 1.54) is 33.5 Å². The molecule has 0 heterocycles. The molecule has 3 aromatic carbocycles. The summed E-state index contributed by atoms with van der Waals surface area (Å²) in [6, 6.07) is 23.4. The van der Waals surface area contributed by atoms with Crippen molar-refractivity contribution in [3.63, 3.8) is 0 Å². The van der Waals surface area contributed by atoms with Crippen LogP contribution in [0.2, 0.25) is 0 Å². The maximum absolute atomic E-state index is 13.5. The largest absolute Gasteiger partial charge is 0.465 e. The molecule has 0 aromatic heterocycles. The van der Waals surface area contributed by atoms with Gasteiger partial charge in [-0.25, -0.2) is 13.2 Å². The Bertz CT molecular complexity index is 1240. The number of aliphatic hydroxyl groups excluding tert-OH is 1. The van der Waals surface area contributed by atoms with Gasteiger partial charge in [-0.15, -0.1) is 0 Å². The Kier molecular flexibility index (Phi) is 9.68. The number of hydrogen-bond acceptors (Lipinski definition) is 5. The number of nitrogens with zero attached hydrogens (tertiary/aromatic N) is 2. The lowest BCUT2D eigenvalue weighted by molar-refractivity contribution is 0.0337. The number of rotatable bonds is 12. The fraction of sp³-hybridized carbons (Fsp3) is 0.321. The Hall–Kier alpha value is -3.40. The van der Waals surface area contributed by atoms with E-state index in [2.05, 4.69) is 0 Å². The fourth-order valence-electron chi connectivity index (χ4n) is 4.21. The van der Waals surface area contributed by atoms with E-state index >= 15 is 0 Å². The minimum Gasteiger partial charge on any atom is -0.465 e. The van der Waals surface area contributed by atoms with Crippen molar-refractivity contribution in [2.24, 2.45) is 5.92 Å². The molecule has 0 spiro atoms. The third-order valence-corrected chi connectivity index (χ3v) is 7.90. The van der Waals surface area contributed by atoms with Crippen LogP contribution in [-0.4, -0.2) is 59.2 Å². The van der Waals surface area contributed by atoms with Crippen molar-refractivity contribution in [1.82, 2.24) is 9.21 Å². The summed E-state index contributed by atoms with van der Waals surface area (Å²) >= 11 is 0. The molecule has 0 aliphatic carbocycles. The second-order valence-corrected chi connectivity index (χ2v) is 11.4. The Balaban J connectivity index is 1.96. The van der Waals surface area contributed by atoms with Crippen LogP contribution in [0.4, 0.5) is 10.5 Å². The molecule has 0 aliphatic heterocycles. The SMILES string of the molecule is CC(C)CN(C[C@@H](O)[C@H](Cc1ccccc1)N(Cc1ccccc1)C(=O)O)S(=O)(=O)c1ccc(N)cc1. The molecule has 198 valence electrons. The van der Waals surface area contributed by atoms with Crippen molar-refractivity contribution in [2.45, 2.75) is 43.9 Å². The highest BCUT2D eigenvalue weighted by Crippen LogP contribution is 2.22. The quantitative estimate of drug-likeness (QED) is 0.306. The third-order valence-electron chi connectivity index (χ3n) is 6.05. The summed E-state index contributed by atoms with van der Waals surface area (Å²) in [5.74, 6) is -0.0248. The molecule has 2 atom stereocenters. The molecule has 0 fully saturated rings. The van der Waals surface area contributed by atoms with E-state index in [0.29, 0.717) is 5.69 Å². The molecule has 0 saturated carbocycles. The van der Waals surface area contributed by atoms with Gasteiger partial charge in [0.1, 0.15) is 0 Å². The average Bonchev–Trinajstić information content (AvgIpc) is 2.86. The summed E-state index contributed by atoms with van der Waals surface area (Å²) in [7, 11) is -3.97. The molecule has 9 heteroatoms. The first-order valence-corrected chi connectivity index (χ1v) is 13.6. The number of carbonyl (C=O) groups is 1. The summed E-state index contributed by atoms with van der Waals surface area (Å²) in [6.07, 6.45) is -2.26. The van der Waals surface area contributed by atoms with Crippen molar-refractivity contribution in [2.75, 3.05) is 18.8 Å². The Morgan fingerprint density at radius 2 is 1.41 bits per heavy atom. The van der Waals surface area contributed by atoms with E-state index < -0.39 is 28.3 Å². The molecule has 3 rings (SSSR count). The van der Waals surface area contributed by atoms with E-state index in [1.807, 2.05) is 74.5 Å². The van der Waals surface area contributed by atoms with Crippen LogP contribution in [-0.2, 0) is 23.0 Å².